The molecule has 0 aromatic heterocycles. The molecule has 20 heavy (non-hydrogen) atoms. The quantitative estimate of drug-likeness (QED) is 0.583. The molecule has 106 valence electrons. The molecule has 2 rings (SSSR count). The van der Waals surface area contributed by atoms with Crippen LogP contribution in [-0.2, 0) is 12.8 Å². The summed E-state index contributed by atoms with van der Waals surface area (Å²) in [5.41, 5.74) is 3.76. The van der Waals surface area contributed by atoms with Crippen molar-refractivity contribution in [2.45, 2.75) is 31.6 Å². The Balaban J connectivity index is 1.89. The van der Waals surface area contributed by atoms with Crippen LogP contribution in [0.15, 0.2) is 42.5 Å². The molecule has 0 radical (unpaired) electrons. The van der Waals surface area contributed by atoms with Gasteiger partial charge in [0.2, 0.25) is 0 Å². The van der Waals surface area contributed by atoms with Gasteiger partial charge in [0.15, 0.2) is 0 Å². The van der Waals surface area contributed by atoms with Gasteiger partial charge in [-0.1, -0.05) is 59.1 Å². The van der Waals surface area contributed by atoms with Crippen molar-refractivity contribution >= 4 is 34.8 Å². The molecule has 0 amide bonds. The number of benzene rings is 2. The van der Waals surface area contributed by atoms with Gasteiger partial charge < -0.3 is 0 Å². The summed E-state index contributed by atoms with van der Waals surface area (Å²) in [6.07, 6.45) is 2.76. The van der Waals surface area contributed by atoms with Crippen LogP contribution < -0.4 is 0 Å². The molecule has 0 bridgehead atoms. The summed E-state index contributed by atoms with van der Waals surface area (Å²) in [5.74, 6) is 0. The fourth-order valence-electron chi connectivity index (χ4n) is 2.22. The molecule has 2 aromatic rings. The monoisotopic (exact) mass is 326 g/mol. The van der Waals surface area contributed by atoms with Gasteiger partial charge in [0.25, 0.3) is 0 Å². The lowest BCUT2D eigenvalue weighted by Crippen LogP contribution is -2.05. The van der Waals surface area contributed by atoms with Crippen molar-refractivity contribution in [3.05, 3.63) is 69.2 Å². The Hall–Kier alpha value is -0.690. The molecule has 0 aliphatic heterocycles. The first kappa shape index (κ1) is 15.7. The van der Waals surface area contributed by atoms with E-state index in [1.165, 1.54) is 11.1 Å². The number of hydrogen-bond acceptors (Lipinski definition) is 0. The van der Waals surface area contributed by atoms with Gasteiger partial charge in [-0.2, -0.15) is 0 Å². The lowest BCUT2D eigenvalue weighted by Gasteiger charge is -2.10. The van der Waals surface area contributed by atoms with Crippen molar-refractivity contribution in [2.24, 2.45) is 0 Å². The number of alkyl halides is 1. The topological polar surface area (TPSA) is 0 Å². The van der Waals surface area contributed by atoms with Crippen LogP contribution in [0.1, 0.15) is 23.1 Å². The van der Waals surface area contributed by atoms with Gasteiger partial charge in [-0.05, 0) is 49.4 Å². The minimum Gasteiger partial charge on any atom is -0.123 e. The van der Waals surface area contributed by atoms with Gasteiger partial charge >= 0.3 is 0 Å². The predicted octanol–water partition coefficient (Wildman–Crippen LogP) is 6.08. The number of halogens is 3. The second-order valence-corrected chi connectivity index (χ2v) is 6.51. The van der Waals surface area contributed by atoms with E-state index >= 15 is 0 Å². The Morgan fingerprint density at radius 1 is 0.950 bits per heavy atom. The van der Waals surface area contributed by atoms with Crippen LogP contribution in [0.25, 0.3) is 0 Å². The van der Waals surface area contributed by atoms with E-state index < -0.39 is 0 Å². The smallest absolute Gasteiger partial charge is 0.0595 e. The first-order chi connectivity index (χ1) is 9.54. The van der Waals surface area contributed by atoms with Crippen molar-refractivity contribution in [3.63, 3.8) is 0 Å². The molecule has 0 N–H and O–H groups in total. The summed E-state index contributed by atoms with van der Waals surface area (Å²) in [5, 5.41) is 1.28. The first-order valence-electron chi connectivity index (χ1n) is 6.68. The van der Waals surface area contributed by atoms with Crippen LogP contribution in [0.5, 0.6) is 0 Å². The Morgan fingerprint density at radius 3 is 2.45 bits per heavy atom. The first-order valence-corrected chi connectivity index (χ1v) is 7.87. The summed E-state index contributed by atoms with van der Waals surface area (Å²) in [7, 11) is 0. The SMILES string of the molecule is Cc1cccc(CCC(Cl)Cc2ccc(Cl)c(Cl)c2)c1. The second kappa shape index (κ2) is 7.36. The Kier molecular flexibility index (Phi) is 5.77. The standard InChI is InChI=1S/C17H17Cl3/c1-12-3-2-4-13(9-12)5-7-15(18)10-14-6-8-16(19)17(20)11-14/h2-4,6,8-9,11,15H,5,7,10H2,1H3. The number of rotatable bonds is 5. The normalized spacial score (nSPS) is 12.4. The highest BCUT2D eigenvalue weighted by atomic mass is 35.5. The van der Waals surface area contributed by atoms with E-state index in [9.17, 15) is 0 Å². The van der Waals surface area contributed by atoms with Gasteiger partial charge in [0, 0.05) is 5.38 Å². The van der Waals surface area contributed by atoms with Crippen LogP contribution in [0, 0.1) is 6.92 Å². The molecule has 0 spiro atoms. The third-order valence-electron chi connectivity index (χ3n) is 3.27. The summed E-state index contributed by atoms with van der Waals surface area (Å²) in [6, 6.07) is 14.3. The van der Waals surface area contributed by atoms with Crippen LogP contribution in [0.3, 0.4) is 0 Å². The van der Waals surface area contributed by atoms with E-state index in [1.54, 1.807) is 0 Å². The highest BCUT2D eigenvalue weighted by molar-refractivity contribution is 6.42. The highest BCUT2D eigenvalue weighted by Crippen LogP contribution is 2.24. The Bertz CT molecular complexity index is 578. The predicted molar refractivity (Wildman–Crippen MR) is 89.3 cm³/mol. The van der Waals surface area contributed by atoms with Gasteiger partial charge in [-0.15, -0.1) is 11.6 Å². The van der Waals surface area contributed by atoms with Crippen molar-refractivity contribution in [1.29, 1.82) is 0 Å². The lowest BCUT2D eigenvalue weighted by atomic mass is 10.0. The molecular weight excluding hydrogens is 311 g/mol. The van der Waals surface area contributed by atoms with Crippen molar-refractivity contribution in [2.75, 3.05) is 0 Å². The maximum Gasteiger partial charge on any atom is 0.0595 e. The Morgan fingerprint density at radius 2 is 1.75 bits per heavy atom. The van der Waals surface area contributed by atoms with E-state index in [2.05, 4.69) is 31.2 Å². The maximum atomic E-state index is 6.42. The minimum absolute atomic E-state index is 0.104. The summed E-state index contributed by atoms with van der Waals surface area (Å²) >= 11 is 18.3. The second-order valence-electron chi connectivity index (χ2n) is 5.08. The third kappa shape index (κ3) is 4.70. The Labute approximate surface area is 135 Å². The molecule has 2 aromatic carbocycles. The molecule has 0 aliphatic rings. The average molecular weight is 328 g/mol. The molecule has 0 fully saturated rings. The average Bonchev–Trinajstić information content (AvgIpc) is 2.41. The molecule has 1 unspecified atom stereocenters. The lowest BCUT2D eigenvalue weighted by molar-refractivity contribution is 0.743. The molecule has 0 nitrogen and oxygen atoms in total. The van der Waals surface area contributed by atoms with Crippen molar-refractivity contribution in [3.8, 4) is 0 Å². The van der Waals surface area contributed by atoms with Crippen LogP contribution in [-0.4, -0.2) is 5.38 Å². The van der Waals surface area contributed by atoms with E-state index in [1.807, 2.05) is 18.2 Å². The maximum absolute atomic E-state index is 6.42. The number of aryl methyl sites for hydroxylation is 2. The fourth-order valence-corrected chi connectivity index (χ4v) is 2.82. The van der Waals surface area contributed by atoms with Crippen molar-refractivity contribution in [1.82, 2.24) is 0 Å². The highest BCUT2D eigenvalue weighted by Gasteiger charge is 2.08. The molecule has 1 atom stereocenters. The molecular formula is C17H17Cl3. The summed E-state index contributed by atoms with van der Waals surface area (Å²) < 4.78 is 0. The van der Waals surface area contributed by atoms with E-state index in [-0.39, 0.29) is 5.38 Å². The summed E-state index contributed by atoms with van der Waals surface area (Å²) in [4.78, 5) is 0. The minimum atomic E-state index is 0.104. The third-order valence-corrected chi connectivity index (χ3v) is 4.38. The fraction of sp³-hybridized carbons (Fsp3) is 0.294. The molecule has 0 saturated heterocycles. The molecule has 0 heterocycles. The molecule has 3 heteroatoms. The van der Waals surface area contributed by atoms with Crippen LogP contribution >= 0.6 is 34.8 Å². The van der Waals surface area contributed by atoms with Gasteiger partial charge in [-0.25, -0.2) is 0 Å². The van der Waals surface area contributed by atoms with Gasteiger partial charge in [0.1, 0.15) is 0 Å². The van der Waals surface area contributed by atoms with Gasteiger partial charge in [-0.3, -0.25) is 0 Å². The summed E-state index contributed by atoms with van der Waals surface area (Å²) in [6.45, 7) is 2.11. The van der Waals surface area contributed by atoms with E-state index in [4.69, 9.17) is 34.8 Å². The van der Waals surface area contributed by atoms with E-state index in [0.29, 0.717) is 10.0 Å². The van der Waals surface area contributed by atoms with Crippen LogP contribution in [0.2, 0.25) is 10.0 Å². The zero-order chi connectivity index (χ0) is 14.5. The van der Waals surface area contributed by atoms with E-state index in [0.717, 1.165) is 24.8 Å². The van der Waals surface area contributed by atoms with Crippen LogP contribution in [0.4, 0.5) is 0 Å². The van der Waals surface area contributed by atoms with Crippen molar-refractivity contribution < 1.29 is 0 Å². The largest absolute Gasteiger partial charge is 0.123 e. The number of hydrogen-bond donors (Lipinski definition) is 0. The molecule has 0 saturated carbocycles. The molecule has 0 aliphatic carbocycles. The zero-order valence-electron chi connectivity index (χ0n) is 11.4. The van der Waals surface area contributed by atoms with Gasteiger partial charge in [0.05, 0.1) is 10.0 Å². The zero-order valence-corrected chi connectivity index (χ0v) is 13.6.